The van der Waals surface area contributed by atoms with Gasteiger partial charge in [0.15, 0.2) is 5.11 Å². The van der Waals surface area contributed by atoms with Crippen molar-refractivity contribution in [3.05, 3.63) is 59.1 Å². The molecule has 0 spiro atoms. The third-order valence-electron chi connectivity index (χ3n) is 3.46. The smallest absolute Gasteiger partial charge is 0.254 e. The largest absolute Gasteiger partial charge is 0.339 e. The van der Waals surface area contributed by atoms with Crippen LogP contribution >= 0.6 is 58.6 Å². The molecule has 0 bridgehead atoms. The highest BCUT2D eigenvalue weighted by atomic mass is 35.6. The first-order chi connectivity index (χ1) is 13.6. The lowest BCUT2D eigenvalue weighted by molar-refractivity contribution is -0.114. The summed E-state index contributed by atoms with van der Waals surface area (Å²) in [4.78, 5) is 23.5. The maximum absolute atomic E-state index is 12.5. The summed E-state index contributed by atoms with van der Waals surface area (Å²) in [7, 11) is 0. The third kappa shape index (κ3) is 7.53. The van der Waals surface area contributed by atoms with Crippen molar-refractivity contribution in [1.82, 2.24) is 10.6 Å². The molecular weight excluding hydrogens is 478 g/mol. The lowest BCUT2D eigenvalue weighted by Crippen LogP contribution is -2.56. The molecule has 6 nitrogen and oxygen atoms in total. The highest BCUT2D eigenvalue weighted by molar-refractivity contribution is 7.80. The highest BCUT2D eigenvalue weighted by Gasteiger charge is 2.35. The maximum Gasteiger partial charge on any atom is 0.254 e. The van der Waals surface area contributed by atoms with E-state index in [4.69, 9.17) is 58.6 Å². The Balaban J connectivity index is 2.04. The Morgan fingerprint density at radius 1 is 0.931 bits per heavy atom. The van der Waals surface area contributed by atoms with Crippen LogP contribution in [0.25, 0.3) is 0 Å². The summed E-state index contributed by atoms with van der Waals surface area (Å²) in [5.41, 5.74) is 1.48. The van der Waals surface area contributed by atoms with Gasteiger partial charge in [0.1, 0.15) is 6.17 Å². The lowest BCUT2D eigenvalue weighted by Gasteiger charge is -2.28. The molecule has 1 unspecified atom stereocenters. The molecule has 0 heterocycles. The van der Waals surface area contributed by atoms with E-state index in [2.05, 4.69) is 21.3 Å². The van der Waals surface area contributed by atoms with E-state index in [9.17, 15) is 9.59 Å². The maximum atomic E-state index is 12.5. The van der Waals surface area contributed by atoms with Crippen LogP contribution < -0.4 is 21.3 Å². The molecule has 0 aliphatic carbocycles. The Morgan fingerprint density at radius 2 is 1.48 bits per heavy atom. The molecule has 0 fully saturated rings. The summed E-state index contributed by atoms with van der Waals surface area (Å²) in [5, 5.41) is 11.2. The van der Waals surface area contributed by atoms with E-state index in [0.717, 1.165) is 0 Å². The predicted octanol–water partition coefficient (Wildman–Crippen LogP) is 4.71. The van der Waals surface area contributed by atoms with Crippen molar-refractivity contribution in [2.45, 2.75) is 16.9 Å². The van der Waals surface area contributed by atoms with Gasteiger partial charge in [0.2, 0.25) is 9.70 Å². The fourth-order valence-corrected chi connectivity index (χ4v) is 2.98. The number of alkyl halides is 3. The van der Waals surface area contributed by atoms with Crippen LogP contribution in [0.5, 0.6) is 0 Å². The Morgan fingerprint density at radius 3 is 2.00 bits per heavy atom. The second-order valence-corrected chi connectivity index (χ2v) is 8.97. The van der Waals surface area contributed by atoms with Crippen LogP contribution in [0.1, 0.15) is 17.3 Å². The van der Waals surface area contributed by atoms with Crippen LogP contribution in [0.3, 0.4) is 0 Å². The summed E-state index contributed by atoms with van der Waals surface area (Å²) < 4.78 is -1.90. The summed E-state index contributed by atoms with van der Waals surface area (Å²) in [6, 6.07) is 13.3. The molecule has 154 valence electrons. The third-order valence-corrected chi connectivity index (χ3v) is 4.66. The number of thiocarbonyl (C=S) groups is 1. The van der Waals surface area contributed by atoms with Crippen LogP contribution in [0, 0.1) is 0 Å². The SMILES string of the molecule is CC(=O)Nc1ccc(NC(=S)NC(NC(=O)c2ccccc2Cl)C(Cl)(Cl)Cl)cc1. The fourth-order valence-electron chi connectivity index (χ4n) is 2.19. The summed E-state index contributed by atoms with van der Waals surface area (Å²) >= 11 is 29.2. The van der Waals surface area contributed by atoms with Gasteiger partial charge in [0.25, 0.3) is 5.91 Å². The fraction of sp³-hybridized carbons (Fsp3) is 0.167. The van der Waals surface area contributed by atoms with E-state index < -0.39 is 15.9 Å². The molecule has 2 amide bonds. The Hall–Kier alpha value is -1.77. The minimum Gasteiger partial charge on any atom is -0.339 e. The molecule has 0 aliphatic rings. The topological polar surface area (TPSA) is 82.3 Å². The molecule has 2 aromatic carbocycles. The molecule has 2 rings (SSSR count). The van der Waals surface area contributed by atoms with Gasteiger partial charge in [-0.05, 0) is 48.6 Å². The van der Waals surface area contributed by atoms with Crippen LogP contribution in [0.4, 0.5) is 11.4 Å². The van der Waals surface area contributed by atoms with Gasteiger partial charge in [0, 0.05) is 18.3 Å². The minimum atomic E-state index is -1.90. The molecule has 0 aliphatic heterocycles. The van der Waals surface area contributed by atoms with Crippen LogP contribution in [-0.4, -0.2) is 26.9 Å². The molecule has 4 N–H and O–H groups in total. The monoisotopic (exact) mass is 492 g/mol. The van der Waals surface area contributed by atoms with E-state index in [1.807, 2.05) is 0 Å². The molecule has 2 aromatic rings. The first-order valence-electron chi connectivity index (χ1n) is 8.13. The Bertz CT molecular complexity index is 903. The van der Waals surface area contributed by atoms with Crippen molar-refractivity contribution >= 4 is 86.9 Å². The molecule has 0 aromatic heterocycles. The van der Waals surface area contributed by atoms with Gasteiger partial charge < -0.3 is 21.3 Å². The molecule has 29 heavy (non-hydrogen) atoms. The summed E-state index contributed by atoms with van der Waals surface area (Å²) in [6.07, 6.45) is -1.14. The predicted molar refractivity (Wildman–Crippen MR) is 123 cm³/mol. The van der Waals surface area contributed by atoms with Crippen LogP contribution in [0.15, 0.2) is 48.5 Å². The molecule has 11 heteroatoms. The first-order valence-corrected chi connectivity index (χ1v) is 10.1. The van der Waals surface area contributed by atoms with Gasteiger partial charge in [-0.1, -0.05) is 58.5 Å². The number of carbonyl (C=O) groups is 2. The van der Waals surface area contributed by atoms with E-state index in [1.165, 1.54) is 6.92 Å². The van der Waals surface area contributed by atoms with Crippen molar-refractivity contribution in [3.63, 3.8) is 0 Å². The number of anilines is 2. The summed E-state index contributed by atoms with van der Waals surface area (Å²) in [5.74, 6) is -0.718. The van der Waals surface area contributed by atoms with Gasteiger partial charge >= 0.3 is 0 Å². The number of rotatable bonds is 5. The van der Waals surface area contributed by atoms with Crippen molar-refractivity contribution < 1.29 is 9.59 Å². The van der Waals surface area contributed by atoms with E-state index in [1.54, 1.807) is 48.5 Å². The number of hydrogen-bond donors (Lipinski definition) is 4. The van der Waals surface area contributed by atoms with Gasteiger partial charge in [-0.3, -0.25) is 9.59 Å². The quantitative estimate of drug-likeness (QED) is 0.275. The second kappa shape index (κ2) is 10.3. The normalized spacial score (nSPS) is 11.9. The van der Waals surface area contributed by atoms with Gasteiger partial charge in [-0.25, -0.2) is 0 Å². The van der Waals surface area contributed by atoms with E-state index >= 15 is 0 Å². The molecule has 1 atom stereocenters. The molecule has 0 saturated heterocycles. The standard InChI is InChI=1S/C18H16Cl4N4O2S/c1-10(27)23-11-6-8-12(9-7-11)24-17(29)26-16(18(20,21)22)25-15(28)13-4-2-3-5-14(13)19/h2-9,16H,1H3,(H,23,27)(H,25,28)(H2,24,26,29). The minimum absolute atomic E-state index is 0.105. The van der Waals surface area contributed by atoms with E-state index in [-0.39, 0.29) is 21.6 Å². The first kappa shape index (κ1) is 23.5. The number of benzene rings is 2. The van der Waals surface area contributed by atoms with Gasteiger partial charge in [-0.15, -0.1) is 0 Å². The van der Waals surface area contributed by atoms with Gasteiger partial charge in [-0.2, -0.15) is 0 Å². The highest BCUT2D eigenvalue weighted by Crippen LogP contribution is 2.29. The average Bonchev–Trinajstić information content (AvgIpc) is 2.62. The number of amides is 2. The van der Waals surface area contributed by atoms with Crippen molar-refractivity contribution in [2.75, 3.05) is 10.6 Å². The zero-order chi connectivity index (χ0) is 21.6. The number of hydrogen-bond acceptors (Lipinski definition) is 3. The number of halogens is 4. The zero-order valence-corrected chi connectivity index (χ0v) is 18.8. The number of carbonyl (C=O) groups excluding carboxylic acids is 2. The number of nitrogens with one attached hydrogen (secondary N) is 4. The van der Waals surface area contributed by atoms with E-state index in [0.29, 0.717) is 11.4 Å². The van der Waals surface area contributed by atoms with Gasteiger partial charge in [0.05, 0.1) is 10.6 Å². The Kier molecular flexibility index (Phi) is 8.36. The summed E-state index contributed by atoms with van der Waals surface area (Å²) in [6.45, 7) is 1.42. The Labute approximate surface area is 193 Å². The average molecular weight is 494 g/mol. The van der Waals surface area contributed by atoms with Crippen molar-refractivity contribution in [2.24, 2.45) is 0 Å². The van der Waals surface area contributed by atoms with Crippen molar-refractivity contribution in [1.29, 1.82) is 0 Å². The van der Waals surface area contributed by atoms with Crippen LogP contribution in [-0.2, 0) is 4.79 Å². The van der Waals surface area contributed by atoms with Crippen molar-refractivity contribution in [3.8, 4) is 0 Å². The molecule has 0 saturated carbocycles. The molecule has 0 radical (unpaired) electrons. The zero-order valence-electron chi connectivity index (χ0n) is 14.9. The molecular formula is C18H16Cl4N4O2S. The second-order valence-electron chi connectivity index (χ2n) is 5.78. The lowest BCUT2D eigenvalue weighted by atomic mass is 10.2. The van der Waals surface area contributed by atoms with Crippen LogP contribution in [0.2, 0.25) is 5.02 Å².